The van der Waals surface area contributed by atoms with Gasteiger partial charge in [-0.2, -0.15) is 0 Å². The van der Waals surface area contributed by atoms with Gasteiger partial charge in [-0.15, -0.1) is 0 Å². The molecule has 1 amide bonds. The number of rotatable bonds is 6. The molecule has 0 aliphatic carbocycles. The summed E-state index contributed by atoms with van der Waals surface area (Å²) in [6.07, 6.45) is 3.91. The number of carbonyl (C=O) groups is 3. The van der Waals surface area contributed by atoms with Crippen LogP contribution in [0.4, 0.5) is 0 Å². The van der Waals surface area contributed by atoms with Crippen molar-refractivity contribution in [2.75, 3.05) is 40.3 Å². The van der Waals surface area contributed by atoms with Gasteiger partial charge in [0.1, 0.15) is 17.0 Å². The summed E-state index contributed by atoms with van der Waals surface area (Å²) >= 11 is 0. The molecule has 40 heavy (non-hydrogen) atoms. The van der Waals surface area contributed by atoms with E-state index in [0.29, 0.717) is 36.4 Å². The summed E-state index contributed by atoms with van der Waals surface area (Å²) < 4.78 is 16.2. The SMILES string of the molecule is CC(C)(C)OC=O.CCN(CC)C(=O)c1ccc(C2=CC3(CCN(C)CC3)Oc3cccc(C(=O)OC)c32)cc1. The second kappa shape index (κ2) is 13.1. The fraction of sp³-hybridized carbons (Fsp3) is 0.469. The first-order chi connectivity index (χ1) is 19.0. The number of esters is 1. The standard InChI is InChI=1S/C27H32N2O4.C5H10O2/c1-5-29(6-2)25(30)20-12-10-19(11-13-20)22-18-27(14-16-28(3)17-15-27)33-23-9-7-8-21(24(22)23)26(31)32-4;1-5(2,3)7-4-6/h7-13,18H,5-6,14-17H2,1-4H3;4H,1-3H3. The number of ether oxygens (including phenoxy) is 3. The van der Waals surface area contributed by atoms with Gasteiger partial charge in [-0.25, -0.2) is 4.79 Å². The van der Waals surface area contributed by atoms with Crippen LogP contribution in [0.15, 0.2) is 48.5 Å². The van der Waals surface area contributed by atoms with Gasteiger partial charge in [0.25, 0.3) is 12.4 Å². The van der Waals surface area contributed by atoms with E-state index in [0.717, 1.165) is 42.6 Å². The van der Waals surface area contributed by atoms with Crippen molar-refractivity contribution in [1.29, 1.82) is 0 Å². The Balaban J connectivity index is 0.000000559. The Morgan fingerprint density at radius 3 is 2.17 bits per heavy atom. The zero-order chi connectivity index (χ0) is 29.5. The van der Waals surface area contributed by atoms with Gasteiger partial charge in [-0.05, 0) is 83.1 Å². The summed E-state index contributed by atoms with van der Waals surface area (Å²) in [4.78, 5) is 39.1. The van der Waals surface area contributed by atoms with Crippen LogP contribution in [0.3, 0.4) is 0 Å². The number of benzene rings is 2. The molecule has 0 saturated carbocycles. The summed E-state index contributed by atoms with van der Waals surface area (Å²) in [5.41, 5.74) is 3.05. The van der Waals surface area contributed by atoms with Crippen molar-refractivity contribution < 1.29 is 28.6 Å². The van der Waals surface area contributed by atoms with Crippen molar-refractivity contribution in [2.45, 2.75) is 58.7 Å². The molecule has 2 heterocycles. The van der Waals surface area contributed by atoms with Gasteiger partial charge in [0.05, 0.1) is 12.7 Å². The summed E-state index contributed by atoms with van der Waals surface area (Å²) in [6, 6.07) is 13.2. The minimum atomic E-state index is -0.417. The number of methoxy groups -OCH3 is 1. The van der Waals surface area contributed by atoms with Crippen molar-refractivity contribution >= 4 is 23.9 Å². The van der Waals surface area contributed by atoms with Crippen LogP contribution in [0, 0.1) is 0 Å². The number of fused-ring (bicyclic) bond motifs is 1. The number of nitrogens with zero attached hydrogens (tertiary/aromatic N) is 2. The molecule has 1 fully saturated rings. The van der Waals surface area contributed by atoms with Gasteiger partial charge in [-0.3, -0.25) is 9.59 Å². The number of hydrogen-bond donors (Lipinski definition) is 0. The molecular formula is C32H42N2O6. The van der Waals surface area contributed by atoms with E-state index in [1.165, 1.54) is 7.11 Å². The summed E-state index contributed by atoms with van der Waals surface area (Å²) in [5, 5.41) is 0. The zero-order valence-corrected chi connectivity index (χ0v) is 24.8. The summed E-state index contributed by atoms with van der Waals surface area (Å²) in [6.45, 7) is 13.1. The minimum absolute atomic E-state index is 0.0231. The first kappa shape index (κ1) is 30.9. The first-order valence-corrected chi connectivity index (χ1v) is 13.8. The molecule has 2 aliphatic heterocycles. The van der Waals surface area contributed by atoms with Crippen LogP contribution >= 0.6 is 0 Å². The molecule has 0 N–H and O–H groups in total. The average molecular weight is 551 g/mol. The van der Waals surface area contributed by atoms with Gasteiger partial charge in [0.15, 0.2) is 0 Å². The second-order valence-electron chi connectivity index (χ2n) is 11.1. The quantitative estimate of drug-likeness (QED) is 0.361. The highest BCUT2D eigenvalue weighted by molar-refractivity contribution is 6.01. The van der Waals surface area contributed by atoms with E-state index >= 15 is 0 Å². The predicted molar refractivity (Wildman–Crippen MR) is 156 cm³/mol. The molecule has 0 atom stereocenters. The molecule has 0 aromatic heterocycles. The zero-order valence-electron chi connectivity index (χ0n) is 24.8. The van der Waals surface area contributed by atoms with Crippen LogP contribution in [-0.4, -0.2) is 79.7 Å². The third kappa shape index (κ3) is 7.30. The first-order valence-electron chi connectivity index (χ1n) is 13.8. The highest BCUT2D eigenvalue weighted by atomic mass is 16.5. The number of hydrogen-bond acceptors (Lipinski definition) is 7. The van der Waals surface area contributed by atoms with E-state index in [9.17, 15) is 14.4 Å². The van der Waals surface area contributed by atoms with E-state index in [2.05, 4.69) is 22.8 Å². The lowest BCUT2D eigenvalue weighted by Crippen LogP contribution is -2.47. The Kier molecular flexibility index (Phi) is 10.1. The second-order valence-corrected chi connectivity index (χ2v) is 11.1. The lowest BCUT2D eigenvalue weighted by molar-refractivity contribution is -0.138. The van der Waals surface area contributed by atoms with Crippen LogP contribution < -0.4 is 4.74 Å². The molecule has 2 aromatic carbocycles. The minimum Gasteiger partial charge on any atom is -0.482 e. The van der Waals surface area contributed by atoms with Gasteiger partial charge in [-0.1, -0.05) is 18.2 Å². The molecule has 0 unspecified atom stereocenters. The van der Waals surface area contributed by atoms with Gasteiger partial charge < -0.3 is 24.0 Å². The van der Waals surface area contributed by atoms with Crippen molar-refractivity contribution in [3.63, 3.8) is 0 Å². The van der Waals surface area contributed by atoms with Crippen LogP contribution in [0.1, 0.15) is 79.3 Å². The molecule has 0 bridgehead atoms. The molecule has 8 heteroatoms. The highest BCUT2D eigenvalue weighted by Crippen LogP contribution is 2.44. The molecule has 2 aliphatic rings. The maximum atomic E-state index is 12.8. The molecule has 4 rings (SSSR count). The molecular weight excluding hydrogens is 508 g/mol. The van der Waals surface area contributed by atoms with Crippen LogP contribution in [-0.2, 0) is 14.3 Å². The number of piperidine rings is 1. The topological polar surface area (TPSA) is 85.4 Å². The molecule has 1 saturated heterocycles. The number of amides is 1. The number of carbonyl (C=O) groups excluding carboxylic acids is 3. The predicted octanol–water partition coefficient (Wildman–Crippen LogP) is 5.20. The van der Waals surface area contributed by atoms with Gasteiger partial charge in [0, 0.05) is 50.1 Å². The third-order valence-electron chi connectivity index (χ3n) is 7.15. The van der Waals surface area contributed by atoms with E-state index in [4.69, 9.17) is 9.47 Å². The van der Waals surface area contributed by atoms with Crippen LogP contribution in [0.25, 0.3) is 5.57 Å². The smallest absolute Gasteiger partial charge is 0.338 e. The summed E-state index contributed by atoms with van der Waals surface area (Å²) in [7, 11) is 3.51. The van der Waals surface area contributed by atoms with E-state index in [1.54, 1.807) is 11.0 Å². The Morgan fingerprint density at radius 2 is 1.68 bits per heavy atom. The van der Waals surface area contributed by atoms with Gasteiger partial charge in [0.2, 0.25) is 0 Å². The molecule has 0 radical (unpaired) electrons. The van der Waals surface area contributed by atoms with Crippen molar-refractivity contribution in [1.82, 2.24) is 9.80 Å². The molecule has 216 valence electrons. The van der Waals surface area contributed by atoms with Crippen molar-refractivity contribution in [3.05, 3.63) is 70.8 Å². The number of likely N-dealkylation sites (tertiary alicyclic amines) is 1. The average Bonchev–Trinajstić information content (AvgIpc) is 2.94. The largest absolute Gasteiger partial charge is 0.482 e. The maximum absolute atomic E-state index is 12.8. The van der Waals surface area contributed by atoms with Crippen LogP contribution in [0.5, 0.6) is 5.75 Å². The lowest BCUT2D eigenvalue weighted by Gasteiger charge is -2.42. The van der Waals surface area contributed by atoms with E-state index in [1.807, 2.05) is 71.0 Å². The maximum Gasteiger partial charge on any atom is 0.338 e. The Hall–Kier alpha value is -3.65. The molecule has 8 nitrogen and oxygen atoms in total. The lowest BCUT2D eigenvalue weighted by atomic mass is 9.81. The Bertz CT molecular complexity index is 1220. The third-order valence-corrected chi connectivity index (χ3v) is 7.15. The van der Waals surface area contributed by atoms with Crippen molar-refractivity contribution in [2.24, 2.45) is 0 Å². The fourth-order valence-electron chi connectivity index (χ4n) is 4.86. The monoisotopic (exact) mass is 550 g/mol. The van der Waals surface area contributed by atoms with Crippen molar-refractivity contribution in [3.8, 4) is 5.75 Å². The van der Waals surface area contributed by atoms with Crippen LogP contribution in [0.2, 0.25) is 0 Å². The fourth-order valence-corrected chi connectivity index (χ4v) is 4.86. The van der Waals surface area contributed by atoms with E-state index < -0.39 is 11.6 Å². The summed E-state index contributed by atoms with van der Waals surface area (Å²) in [5.74, 6) is 0.326. The highest BCUT2D eigenvalue weighted by Gasteiger charge is 2.39. The molecule has 1 spiro atoms. The normalized spacial score (nSPS) is 15.9. The Labute approximate surface area is 237 Å². The van der Waals surface area contributed by atoms with E-state index in [-0.39, 0.29) is 11.5 Å². The Morgan fingerprint density at radius 1 is 1.05 bits per heavy atom. The van der Waals surface area contributed by atoms with Gasteiger partial charge >= 0.3 is 5.97 Å². The molecule has 2 aromatic rings.